The van der Waals surface area contributed by atoms with Crippen LogP contribution in [0.3, 0.4) is 0 Å². The van der Waals surface area contributed by atoms with E-state index >= 15 is 0 Å². The summed E-state index contributed by atoms with van der Waals surface area (Å²) in [5.41, 5.74) is 10.6. The van der Waals surface area contributed by atoms with Crippen LogP contribution in [0.5, 0.6) is 0 Å². The molecular weight excluding hydrogens is 312 g/mol. The van der Waals surface area contributed by atoms with Gasteiger partial charge in [0.1, 0.15) is 0 Å². The lowest BCUT2D eigenvalue weighted by molar-refractivity contribution is 0.438. The topological polar surface area (TPSA) is 38.9 Å². The van der Waals surface area contributed by atoms with Crippen molar-refractivity contribution < 1.29 is 0 Å². The Labute approximate surface area is 128 Å². The molecule has 3 rings (SSSR count). The van der Waals surface area contributed by atoms with Gasteiger partial charge >= 0.3 is 0 Å². The van der Waals surface area contributed by atoms with E-state index < -0.39 is 0 Å². The molecule has 0 saturated heterocycles. The van der Waals surface area contributed by atoms with Crippen LogP contribution in [-0.4, -0.2) is 4.98 Å². The van der Waals surface area contributed by atoms with Crippen LogP contribution in [0.4, 0.5) is 5.69 Å². The molecule has 1 aromatic heterocycles. The zero-order valence-electron chi connectivity index (χ0n) is 11.5. The number of hydrogen-bond donors (Lipinski definition) is 1. The minimum absolute atomic E-state index is 0.538. The smallest absolute Gasteiger partial charge is 0.0669 e. The molecule has 2 nitrogen and oxygen atoms in total. The van der Waals surface area contributed by atoms with E-state index in [2.05, 4.69) is 33.0 Å². The summed E-state index contributed by atoms with van der Waals surface area (Å²) in [6.07, 6.45) is 8.29. The Hall–Kier alpha value is -1.35. The Morgan fingerprint density at radius 2 is 1.90 bits per heavy atom. The van der Waals surface area contributed by atoms with Gasteiger partial charge in [-0.3, -0.25) is 4.98 Å². The van der Waals surface area contributed by atoms with Gasteiger partial charge in [0.05, 0.1) is 11.4 Å². The number of rotatable bonds is 2. The molecule has 2 aromatic rings. The predicted molar refractivity (Wildman–Crippen MR) is 87.6 cm³/mol. The van der Waals surface area contributed by atoms with Crippen LogP contribution in [0, 0.1) is 0 Å². The van der Waals surface area contributed by atoms with E-state index in [0.29, 0.717) is 5.92 Å². The van der Waals surface area contributed by atoms with Crippen molar-refractivity contribution in [3.63, 3.8) is 0 Å². The SMILES string of the molecule is Nc1c(-c2cccc(Br)c2)ccnc1C1CCCCC1. The first-order valence-corrected chi connectivity index (χ1v) is 8.05. The van der Waals surface area contributed by atoms with Crippen LogP contribution in [0.25, 0.3) is 11.1 Å². The van der Waals surface area contributed by atoms with Gasteiger partial charge in [-0.2, -0.15) is 0 Å². The minimum Gasteiger partial charge on any atom is -0.397 e. The maximum absolute atomic E-state index is 6.42. The first-order chi connectivity index (χ1) is 9.75. The summed E-state index contributed by atoms with van der Waals surface area (Å²) in [7, 11) is 0. The van der Waals surface area contributed by atoms with Crippen LogP contribution in [0.2, 0.25) is 0 Å². The second-order valence-electron chi connectivity index (χ2n) is 5.50. The predicted octanol–water partition coefficient (Wildman–Crippen LogP) is 5.14. The Morgan fingerprint density at radius 1 is 1.10 bits per heavy atom. The minimum atomic E-state index is 0.538. The first kappa shape index (κ1) is 13.6. The number of aromatic nitrogens is 1. The number of halogens is 1. The van der Waals surface area contributed by atoms with Crippen molar-refractivity contribution in [2.24, 2.45) is 0 Å². The Balaban J connectivity index is 2.00. The third kappa shape index (κ3) is 2.73. The molecule has 0 unspecified atom stereocenters. The third-order valence-corrected chi connectivity index (χ3v) is 4.64. The van der Waals surface area contributed by atoms with Gasteiger partial charge < -0.3 is 5.73 Å². The zero-order valence-corrected chi connectivity index (χ0v) is 13.1. The number of anilines is 1. The summed E-state index contributed by atoms with van der Waals surface area (Å²) in [6, 6.07) is 10.3. The molecule has 0 atom stereocenters. The molecular formula is C17H19BrN2. The molecule has 0 amide bonds. The number of nitrogen functional groups attached to an aromatic ring is 1. The van der Waals surface area contributed by atoms with Crippen LogP contribution < -0.4 is 5.73 Å². The van der Waals surface area contributed by atoms with Crippen molar-refractivity contribution in [3.8, 4) is 11.1 Å². The Morgan fingerprint density at radius 3 is 2.65 bits per heavy atom. The summed E-state index contributed by atoms with van der Waals surface area (Å²) in [5.74, 6) is 0.538. The number of pyridine rings is 1. The maximum Gasteiger partial charge on any atom is 0.0669 e. The number of nitrogens with two attached hydrogens (primary N) is 1. The summed E-state index contributed by atoms with van der Waals surface area (Å²) in [6.45, 7) is 0. The molecule has 1 aliphatic rings. The fourth-order valence-electron chi connectivity index (χ4n) is 3.10. The van der Waals surface area contributed by atoms with Gasteiger partial charge in [-0.1, -0.05) is 47.3 Å². The summed E-state index contributed by atoms with van der Waals surface area (Å²) in [5, 5.41) is 0. The lowest BCUT2D eigenvalue weighted by atomic mass is 9.85. The van der Waals surface area contributed by atoms with E-state index in [4.69, 9.17) is 5.73 Å². The van der Waals surface area contributed by atoms with E-state index in [1.807, 2.05) is 24.4 Å². The van der Waals surface area contributed by atoms with Crippen molar-refractivity contribution in [3.05, 3.63) is 46.7 Å². The highest BCUT2D eigenvalue weighted by atomic mass is 79.9. The van der Waals surface area contributed by atoms with Crippen LogP contribution in [-0.2, 0) is 0 Å². The standard InChI is InChI=1S/C17H19BrN2/c18-14-8-4-7-13(11-14)15-9-10-20-17(16(15)19)12-5-2-1-3-6-12/h4,7-12H,1-3,5-6,19H2. The molecule has 0 radical (unpaired) electrons. The number of hydrogen-bond acceptors (Lipinski definition) is 2. The van der Waals surface area contributed by atoms with Crippen molar-refractivity contribution in [1.82, 2.24) is 4.98 Å². The van der Waals surface area contributed by atoms with Gasteiger partial charge in [0.15, 0.2) is 0 Å². The first-order valence-electron chi connectivity index (χ1n) is 7.26. The van der Waals surface area contributed by atoms with Crippen molar-refractivity contribution in [2.75, 3.05) is 5.73 Å². The molecule has 0 bridgehead atoms. The van der Waals surface area contributed by atoms with E-state index in [0.717, 1.165) is 27.0 Å². The molecule has 0 aliphatic heterocycles. The van der Waals surface area contributed by atoms with Crippen LogP contribution in [0.15, 0.2) is 41.0 Å². The molecule has 1 aromatic carbocycles. The molecule has 1 aliphatic carbocycles. The lowest BCUT2D eigenvalue weighted by Gasteiger charge is -2.23. The molecule has 104 valence electrons. The van der Waals surface area contributed by atoms with Crippen LogP contribution >= 0.6 is 15.9 Å². The van der Waals surface area contributed by atoms with Gasteiger partial charge in [-0.15, -0.1) is 0 Å². The molecule has 3 heteroatoms. The lowest BCUT2D eigenvalue weighted by Crippen LogP contribution is -2.10. The fraction of sp³-hybridized carbons (Fsp3) is 0.353. The van der Waals surface area contributed by atoms with Crippen molar-refractivity contribution in [2.45, 2.75) is 38.0 Å². The average molecular weight is 331 g/mol. The van der Waals surface area contributed by atoms with Gasteiger partial charge in [0, 0.05) is 22.2 Å². The Bertz CT molecular complexity index is 604. The van der Waals surface area contributed by atoms with Crippen LogP contribution in [0.1, 0.15) is 43.7 Å². The van der Waals surface area contributed by atoms with E-state index in [-0.39, 0.29) is 0 Å². The van der Waals surface area contributed by atoms with Crippen molar-refractivity contribution >= 4 is 21.6 Å². The zero-order chi connectivity index (χ0) is 13.9. The average Bonchev–Trinajstić information content (AvgIpc) is 2.48. The van der Waals surface area contributed by atoms with Gasteiger partial charge in [0.2, 0.25) is 0 Å². The number of benzene rings is 1. The number of nitrogens with zero attached hydrogens (tertiary/aromatic N) is 1. The van der Waals surface area contributed by atoms with Gasteiger partial charge in [-0.25, -0.2) is 0 Å². The summed E-state index contributed by atoms with van der Waals surface area (Å²) in [4.78, 5) is 4.57. The van der Waals surface area contributed by atoms with E-state index in [1.54, 1.807) is 0 Å². The fourth-order valence-corrected chi connectivity index (χ4v) is 3.50. The summed E-state index contributed by atoms with van der Waals surface area (Å²) < 4.78 is 1.07. The normalized spacial score (nSPS) is 16.2. The Kier molecular flexibility index (Phi) is 4.06. The highest BCUT2D eigenvalue weighted by Crippen LogP contribution is 2.38. The molecule has 1 saturated carbocycles. The highest BCUT2D eigenvalue weighted by molar-refractivity contribution is 9.10. The van der Waals surface area contributed by atoms with Crippen molar-refractivity contribution in [1.29, 1.82) is 0 Å². The maximum atomic E-state index is 6.42. The molecule has 1 heterocycles. The molecule has 1 fully saturated rings. The molecule has 20 heavy (non-hydrogen) atoms. The van der Waals surface area contributed by atoms with Gasteiger partial charge in [0.25, 0.3) is 0 Å². The second-order valence-corrected chi connectivity index (χ2v) is 6.42. The highest BCUT2D eigenvalue weighted by Gasteiger charge is 2.20. The monoisotopic (exact) mass is 330 g/mol. The summed E-state index contributed by atoms with van der Waals surface area (Å²) >= 11 is 3.52. The third-order valence-electron chi connectivity index (χ3n) is 4.15. The van der Waals surface area contributed by atoms with E-state index in [9.17, 15) is 0 Å². The molecule has 2 N–H and O–H groups in total. The second kappa shape index (κ2) is 5.96. The molecule has 0 spiro atoms. The van der Waals surface area contributed by atoms with Gasteiger partial charge in [-0.05, 0) is 36.6 Å². The quantitative estimate of drug-likeness (QED) is 0.827. The van der Waals surface area contributed by atoms with E-state index in [1.165, 1.54) is 32.1 Å². The largest absolute Gasteiger partial charge is 0.397 e.